The van der Waals surface area contributed by atoms with Gasteiger partial charge in [0.15, 0.2) is 0 Å². The van der Waals surface area contributed by atoms with Crippen LogP contribution in [0.25, 0.3) is 0 Å². The molecule has 0 radical (unpaired) electrons. The first-order chi connectivity index (χ1) is 5.77. The molecule has 0 heterocycles. The van der Waals surface area contributed by atoms with Gasteiger partial charge in [0, 0.05) is 12.3 Å². The Labute approximate surface area is 76.8 Å². The molecule has 0 bridgehead atoms. The van der Waals surface area contributed by atoms with Gasteiger partial charge in [0.25, 0.3) is 0 Å². The molecular weight excluding hydrogens is 216 g/mol. The second kappa shape index (κ2) is 5.25. The topological polar surface area (TPSA) is 121 Å². The molecule has 0 amide bonds. The Hall–Kier alpha value is 0.300. The van der Waals surface area contributed by atoms with Crippen molar-refractivity contribution >= 4 is 15.0 Å². The smallest absolute Gasteiger partial charge is 0.326 e. The van der Waals surface area contributed by atoms with E-state index in [-0.39, 0.29) is 12.3 Å². The zero-order valence-corrected chi connectivity index (χ0v) is 8.95. The fraction of sp³-hybridized carbons (Fsp3) is 1.00. The molecule has 0 saturated carbocycles. The first kappa shape index (κ1) is 13.3. The molecule has 0 rings (SSSR count). The predicted octanol–water partition coefficient (Wildman–Crippen LogP) is -0.217. The van der Waals surface area contributed by atoms with Gasteiger partial charge in [-0.05, 0) is 13.0 Å². The molecule has 13 heavy (non-hydrogen) atoms. The van der Waals surface area contributed by atoms with E-state index in [2.05, 4.69) is 0 Å². The maximum atomic E-state index is 11.2. The van der Waals surface area contributed by atoms with E-state index in [1.165, 1.54) is 0 Å². The van der Waals surface area contributed by atoms with Gasteiger partial charge in [0.05, 0.1) is 6.16 Å². The third-order valence-corrected chi connectivity index (χ3v) is 4.55. The molecule has 0 aliphatic heterocycles. The monoisotopic (exact) mass is 231 g/mol. The first-order valence-corrected chi connectivity index (χ1v) is 7.65. The number of nitrogens with two attached hydrogens (primary N) is 1. The predicted molar refractivity (Wildman–Crippen MR) is 50.1 cm³/mol. The molecule has 8 heteroatoms. The van der Waals surface area contributed by atoms with Crippen LogP contribution >= 0.6 is 15.0 Å². The number of rotatable bonds is 6. The molecule has 0 fully saturated rings. The number of hydrogen-bond acceptors (Lipinski definition) is 3. The second-order valence-corrected chi connectivity index (χ2v) is 7.19. The van der Waals surface area contributed by atoms with Gasteiger partial charge in [-0.25, -0.2) is 0 Å². The second-order valence-electron chi connectivity index (χ2n) is 2.82. The Kier molecular flexibility index (Phi) is 5.37. The van der Waals surface area contributed by atoms with Gasteiger partial charge in [-0.1, -0.05) is 0 Å². The zero-order valence-electron chi connectivity index (χ0n) is 7.17. The van der Waals surface area contributed by atoms with Gasteiger partial charge in [0.2, 0.25) is 7.37 Å². The summed E-state index contributed by atoms with van der Waals surface area (Å²) in [6.45, 7) is 0.306. The van der Waals surface area contributed by atoms with Crippen molar-refractivity contribution in [2.24, 2.45) is 5.73 Å². The first-order valence-electron chi connectivity index (χ1n) is 3.82. The van der Waals surface area contributed by atoms with Crippen LogP contribution in [-0.2, 0) is 9.13 Å². The molecule has 0 aromatic carbocycles. The van der Waals surface area contributed by atoms with Crippen molar-refractivity contribution in [3.63, 3.8) is 0 Å². The van der Waals surface area contributed by atoms with Gasteiger partial charge >= 0.3 is 7.60 Å². The Bertz CT molecular complexity index is 237. The highest BCUT2D eigenvalue weighted by molar-refractivity contribution is 7.60. The Morgan fingerprint density at radius 2 is 1.54 bits per heavy atom. The van der Waals surface area contributed by atoms with Crippen molar-refractivity contribution < 1.29 is 23.8 Å². The Balaban J connectivity index is 3.90. The molecule has 6 nitrogen and oxygen atoms in total. The van der Waals surface area contributed by atoms with Crippen molar-refractivity contribution in [1.82, 2.24) is 0 Å². The fourth-order valence-corrected chi connectivity index (χ4v) is 3.93. The highest BCUT2D eigenvalue weighted by Crippen LogP contribution is 2.46. The average molecular weight is 231 g/mol. The normalized spacial score (nSPS) is 16.9. The molecule has 5 N–H and O–H groups in total. The average Bonchev–Trinajstić information content (AvgIpc) is 1.97. The van der Waals surface area contributed by atoms with E-state index in [9.17, 15) is 9.13 Å². The van der Waals surface area contributed by atoms with Crippen LogP contribution in [0.2, 0.25) is 0 Å². The highest BCUT2D eigenvalue weighted by Gasteiger charge is 2.23. The lowest BCUT2D eigenvalue weighted by atomic mass is 10.5. The van der Waals surface area contributed by atoms with E-state index in [4.69, 9.17) is 20.4 Å². The summed E-state index contributed by atoms with van der Waals surface area (Å²) in [4.78, 5) is 26.1. The maximum absolute atomic E-state index is 11.2. The molecule has 80 valence electrons. The van der Waals surface area contributed by atoms with Gasteiger partial charge in [-0.15, -0.1) is 0 Å². The molecule has 0 aliphatic rings. The van der Waals surface area contributed by atoms with Crippen molar-refractivity contribution in [3.8, 4) is 0 Å². The van der Waals surface area contributed by atoms with Crippen LogP contribution in [0.3, 0.4) is 0 Å². The minimum Gasteiger partial charge on any atom is -0.344 e. The summed E-state index contributed by atoms with van der Waals surface area (Å²) in [6.07, 6.45) is -0.443. The highest BCUT2D eigenvalue weighted by atomic mass is 31.2. The SMILES string of the molecule is NCCCP(=O)(O)CCP(=O)(O)O. The van der Waals surface area contributed by atoms with Gasteiger partial charge in [-0.2, -0.15) is 0 Å². The molecule has 0 saturated heterocycles. The molecule has 0 aliphatic carbocycles. The van der Waals surface area contributed by atoms with E-state index in [1.54, 1.807) is 0 Å². The Morgan fingerprint density at radius 1 is 1.00 bits per heavy atom. The van der Waals surface area contributed by atoms with Crippen molar-refractivity contribution in [3.05, 3.63) is 0 Å². The lowest BCUT2D eigenvalue weighted by Gasteiger charge is -2.10. The lowest BCUT2D eigenvalue weighted by Crippen LogP contribution is -2.05. The summed E-state index contributed by atoms with van der Waals surface area (Å²) in [5.41, 5.74) is 5.13. The fourth-order valence-electron chi connectivity index (χ4n) is 0.737. The summed E-state index contributed by atoms with van der Waals surface area (Å²) in [5, 5.41) is 0. The van der Waals surface area contributed by atoms with E-state index < -0.39 is 21.1 Å². The van der Waals surface area contributed by atoms with Crippen LogP contribution in [0.5, 0.6) is 0 Å². The van der Waals surface area contributed by atoms with E-state index in [0.717, 1.165) is 0 Å². The molecule has 0 spiro atoms. The van der Waals surface area contributed by atoms with Gasteiger partial charge < -0.3 is 20.4 Å². The van der Waals surface area contributed by atoms with E-state index >= 15 is 0 Å². The number of hydrogen-bond donors (Lipinski definition) is 4. The summed E-state index contributed by atoms with van der Waals surface area (Å²) in [7, 11) is -7.54. The van der Waals surface area contributed by atoms with Crippen LogP contribution in [0, 0.1) is 0 Å². The molecule has 0 aromatic heterocycles. The van der Waals surface area contributed by atoms with Crippen LogP contribution in [0.1, 0.15) is 6.42 Å². The van der Waals surface area contributed by atoms with E-state index in [0.29, 0.717) is 13.0 Å². The molecule has 1 atom stereocenters. The third kappa shape index (κ3) is 8.63. The van der Waals surface area contributed by atoms with Crippen LogP contribution in [0.4, 0.5) is 0 Å². The summed E-state index contributed by atoms with van der Waals surface area (Å²) < 4.78 is 21.6. The standard InChI is InChI=1S/C5H15NO5P2/c6-2-1-3-12(7,8)4-5-13(9,10)11/h1-6H2,(H,7,8)(H2,9,10,11). The Morgan fingerprint density at radius 3 is 1.92 bits per heavy atom. The quantitative estimate of drug-likeness (QED) is 0.469. The van der Waals surface area contributed by atoms with Crippen molar-refractivity contribution in [1.29, 1.82) is 0 Å². The van der Waals surface area contributed by atoms with Crippen LogP contribution in [-0.4, -0.2) is 39.7 Å². The minimum absolute atomic E-state index is 0.0312. The van der Waals surface area contributed by atoms with E-state index in [1.807, 2.05) is 0 Å². The zero-order chi connectivity index (χ0) is 10.5. The summed E-state index contributed by atoms with van der Waals surface area (Å²) in [5.74, 6) is 0. The van der Waals surface area contributed by atoms with Gasteiger partial charge in [0.1, 0.15) is 0 Å². The molecular formula is C5H15NO5P2. The van der Waals surface area contributed by atoms with Crippen LogP contribution in [0.15, 0.2) is 0 Å². The maximum Gasteiger partial charge on any atom is 0.326 e. The van der Waals surface area contributed by atoms with Crippen molar-refractivity contribution in [2.45, 2.75) is 6.42 Å². The van der Waals surface area contributed by atoms with Crippen LogP contribution < -0.4 is 5.73 Å². The summed E-state index contributed by atoms with van der Waals surface area (Å²) >= 11 is 0. The third-order valence-electron chi connectivity index (χ3n) is 1.45. The molecule has 1 unspecified atom stereocenters. The molecule has 0 aromatic rings. The minimum atomic E-state index is -4.16. The summed E-state index contributed by atoms with van der Waals surface area (Å²) in [6, 6.07) is 0. The largest absolute Gasteiger partial charge is 0.344 e. The lowest BCUT2D eigenvalue weighted by molar-refractivity contribution is 0.373. The van der Waals surface area contributed by atoms with Crippen molar-refractivity contribution in [2.75, 3.05) is 25.0 Å². The van der Waals surface area contributed by atoms with Gasteiger partial charge in [-0.3, -0.25) is 9.13 Å².